The second-order valence-electron chi connectivity index (χ2n) is 4.90. The van der Waals surface area contributed by atoms with Crippen molar-refractivity contribution in [3.05, 3.63) is 24.0 Å². The predicted molar refractivity (Wildman–Crippen MR) is 84.8 cm³/mol. The fourth-order valence-corrected chi connectivity index (χ4v) is 5.19. The molecule has 1 aromatic rings. The maximum atomic E-state index is 12.2. The first-order valence-electron chi connectivity index (χ1n) is 6.73. The fraction of sp³-hybridized carbons (Fsp3) is 0.615. The third-order valence-corrected chi connectivity index (χ3v) is 6.76. The van der Waals surface area contributed by atoms with Gasteiger partial charge in [0, 0.05) is 29.8 Å². The molecule has 0 bridgehead atoms. The molecule has 0 aromatic carbocycles. The van der Waals surface area contributed by atoms with E-state index >= 15 is 0 Å². The lowest BCUT2D eigenvalue weighted by molar-refractivity contribution is 0.579. The van der Waals surface area contributed by atoms with Crippen molar-refractivity contribution in [1.29, 1.82) is 0 Å². The molecule has 1 unspecified atom stereocenters. The lowest BCUT2D eigenvalue weighted by Gasteiger charge is -2.36. The molecule has 20 heavy (non-hydrogen) atoms. The smallest absolute Gasteiger partial charge is 0.171 e. The van der Waals surface area contributed by atoms with E-state index in [0.717, 1.165) is 23.7 Å². The molecule has 0 saturated carbocycles. The molecule has 7 heteroatoms. The summed E-state index contributed by atoms with van der Waals surface area (Å²) in [6.45, 7) is 4.31. The van der Waals surface area contributed by atoms with E-state index in [1.165, 1.54) is 0 Å². The Balaban J connectivity index is 2.28. The number of nitrogens with two attached hydrogens (primary N) is 1. The second-order valence-corrected chi connectivity index (χ2v) is 8.50. The SMILES string of the molecule is CCS(=O)(=O)C1CSCCN1c1ccc([C@H](C)N)nc1. The van der Waals surface area contributed by atoms with Crippen molar-refractivity contribution in [2.45, 2.75) is 25.3 Å². The molecule has 0 amide bonds. The molecule has 2 N–H and O–H groups in total. The molecule has 0 radical (unpaired) electrons. The van der Waals surface area contributed by atoms with Gasteiger partial charge in [0.25, 0.3) is 0 Å². The summed E-state index contributed by atoms with van der Waals surface area (Å²) in [5.74, 6) is 1.72. The number of sulfone groups is 1. The third-order valence-electron chi connectivity index (χ3n) is 3.47. The molecule has 2 rings (SSSR count). The van der Waals surface area contributed by atoms with E-state index in [1.807, 2.05) is 24.0 Å². The lowest BCUT2D eigenvalue weighted by Crippen LogP contribution is -2.48. The molecule has 2 heterocycles. The number of anilines is 1. The zero-order chi connectivity index (χ0) is 14.8. The van der Waals surface area contributed by atoms with E-state index in [0.29, 0.717) is 5.75 Å². The first-order valence-corrected chi connectivity index (χ1v) is 9.60. The van der Waals surface area contributed by atoms with Crippen molar-refractivity contribution in [3.63, 3.8) is 0 Å². The van der Waals surface area contributed by atoms with Crippen LogP contribution in [0, 0.1) is 0 Å². The van der Waals surface area contributed by atoms with Crippen LogP contribution in [0.5, 0.6) is 0 Å². The van der Waals surface area contributed by atoms with Crippen LogP contribution < -0.4 is 10.6 Å². The zero-order valence-corrected chi connectivity index (χ0v) is 13.5. The monoisotopic (exact) mass is 315 g/mol. The van der Waals surface area contributed by atoms with Crippen molar-refractivity contribution >= 4 is 27.3 Å². The van der Waals surface area contributed by atoms with Gasteiger partial charge in [0.2, 0.25) is 0 Å². The molecule has 1 saturated heterocycles. The Hall–Kier alpha value is -0.790. The van der Waals surface area contributed by atoms with Gasteiger partial charge in [-0.25, -0.2) is 8.42 Å². The number of aromatic nitrogens is 1. The number of hydrogen-bond donors (Lipinski definition) is 1. The van der Waals surface area contributed by atoms with Crippen LogP contribution in [0.1, 0.15) is 25.6 Å². The Morgan fingerprint density at radius 3 is 2.85 bits per heavy atom. The lowest BCUT2D eigenvalue weighted by atomic mass is 10.2. The number of pyridine rings is 1. The molecule has 1 fully saturated rings. The first-order chi connectivity index (χ1) is 9.45. The molecule has 1 aliphatic heterocycles. The molecule has 2 atom stereocenters. The van der Waals surface area contributed by atoms with Gasteiger partial charge in [-0.05, 0) is 19.1 Å². The van der Waals surface area contributed by atoms with Crippen molar-refractivity contribution < 1.29 is 8.42 Å². The number of rotatable bonds is 4. The van der Waals surface area contributed by atoms with Crippen LogP contribution in [0.3, 0.4) is 0 Å². The number of hydrogen-bond acceptors (Lipinski definition) is 6. The largest absolute Gasteiger partial charge is 0.352 e. The summed E-state index contributed by atoms with van der Waals surface area (Å²) in [7, 11) is -3.09. The quantitative estimate of drug-likeness (QED) is 0.905. The van der Waals surface area contributed by atoms with Gasteiger partial charge in [0.1, 0.15) is 5.37 Å². The van der Waals surface area contributed by atoms with E-state index in [1.54, 1.807) is 24.9 Å². The van der Waals surface area contributed by atoms with Crippen LogP contribution in [0.2, 0.25) is 0 Å². The van der Waals surface area contributed by atoms with Crippen LogP contribution in [0.15, 0.2) is 18.3 Å². The van der Waals surface area contributed by atoms with Gasteiger partial charge in [-0.3, -0.25) is 4.98 Å². The van der Waals surface area contributed by atoms with E-state index in [-0.39, 0.29) is 11.8 Å². The highest BCUT2D eigenvalue weighted by Crippen LogP contribution is 2.27. The van der Waals surface area contributed by atoms with Gasteiger partial charge >= 0.3 is 0 Å². The van der Waals surface area contributed by atoms with Gasteiger partial charge in [0.15, 0.2) is 9.84 Å². The van der Waals surface area contributed by atoms with Crippen LogP contribution in [0.25, 0.3) is 0 Å². The molecule has 1 aliphatic rings. The minimum atomic E-state index is -3.09. The van der Waals surface area contributed by atoms with Crippen molar-refractivity contribution in [2.75, 3.05) is 28.7 Å². The van der Waals surface area contributed by atoms with Crippen LogP contribution >= 0.6 is 11.8 Å². The maximum Gasteiger partial charge on any atom is 0.171 e. The molecule has 0 spiro atoms. The van der Waals surface area contributed by atoms with Gasteiger partial charge in [-0.2, -0.15) is 11.8 Å². The second kappa shape index (κ2) is 6.32. The van der Waals surface area contributed by atoms with E-state index in [4.69, 9.17) is 5.73 Å². The standard InChI is InChI=1S/C13H21N3O2S2/c1-3-20(17,18)13-9-19-7-6-16(13)11-4-5-12(10(2)14)15-8-11/h4-5,8,10,13H,3,6-7,9,14H2,1-2H3/t10-,13?/m0/s1. The zero-order valence-electron chi connectivity index (χ0n) is 11.8. The normalized spacial score (nSPS) is 21.8. The average Bonchev–Trinajstić information content (AvgIpc) is 2.47. The summed E-state index contributed by atoms with van der Waals surface area (Å²) in [6, 6.07) is 3.67. The Morgan fingerprint density at radius 2 is 2.30 bits per heavy atom. The van der Waals surface area contributed by atoms with E-state index in [9.17, 15) is 8.42 Å². The van der Waals surface area contributed by atoms with E-state index < -0.39 is 15.2 Å². The van der Waals surface area contributed by atoms with Crippen LogP contribution in [-0.2, 0) is 9.84 Å². The first kappa shape index (κ1) is 15.6. The fourth-order valence-electron chi connectivity index (χ4n) is 2.20. The Kier molecular flexibility index (Phi) is 4.93. The van der Waals surface area contributed by atoms with Crippen LogP contribution in [-0.4, -0.2) is 42.6 Å². The van der Waals surface area contributed by atoms with Crippen molar-refractivity contribution in [2.24, 2.45) is 5.73 Å². The van der Waals surface area contributed by atoms with Crippen LogP contribution in [0.4, 0.5) is 5.69 Å². The molecule has 112 valence electrons. The van der Waals surface area contributed by atoms with Gasteiger partial charge in [-0.1, -0.05) is 6.92 Å². The Bertz CT molecular complexity index is 543. The highest BCUT2D eigenvalue weighted by atomic mass is 32.2. The van der Waals surface area contributed by atoms with Gasteiger partial charge in [0.05, 0.1) is 17.6 Å². The van der Waals surface area contributed by atoms with Crippen molar-refractivity contribution in [1.82, 2.24) is 4.98 Å². The molecular weight excluding hydrogens is 294 g/mol. The van der Waals surface area contributed by atoms with Crippen molar-refractivity contribution in [3.8, 4) is 0 Å². The molecule has 1 aromatic heterocycles. The minimum Gasteiger partial charge on any atom is -0.352 e. The summed E-state index contributed by atoms with van der Waals surface area (Å²) in [4.78, 5) is 6.28. The minimum absolute atomic E-state index is 0.115. The Labute approximate surface area is 124 Å². The summed E-state index contributed by atoms with van der Waals surface area (Å²) in [5, 5.41) is -0.450. The highest BCUT2D eigenvalue weighted by molar-refractivity contribution is 8.01. The molecule has 0 aliphatic carbocycles. The molecular formula is C13H21N3O2S2. The van der Waals surface area contributed by atoms with Gasteiger partial charge in [-0.15, -0.1) is 0 Å². The predicted octanol–water partition coefficient (Wildman–Crippen LogP) is 1.42. The molecule has 5 nitrogen and oxygen atoms in total. The summed E-state index contributed by atoms with van der Waals surface area (Å²) in [5.41, 5.74) is 7.46. The van der Waals surface area contributed by atoms with Gasteiger partial charge < -0.3 is 10.6 Å². The topological polar surface area (TPSA) is 76.3 Å². The highest BCUT2D eigenvalue weighted by Gasteiger charge is 2.33. The summed E-state index contributed by atoms with van der Waals surface area (Å²) < 4.78 is 24.4. The average molecular weight is 315 g/mol. The van der Waals surface area contributed by atoms with E-state index in [2.05, 4.69) is 4.98 Å². The summed E-state index contributed by atoms with van der Waals surface area (Å²) in [6.07, 6.45) is 1.73. The third kappa shape index (κ3) is 3.27. The maximum absolute atomic E-state index is 12.2. The Morgan fingerprint density at radius 1 is 1.55 bits per heavy atom. The number of thioether (sulfide) groups is 1. The number of nitrogens with zero attached hydrogens (tertiary/aromatic N) is 2. The summed E-state index contributed by atoms with van der Waals surface area (Å²) >= 11 is 1.69.